The van der Waals surface area contributed by atoms with Crippen molar-refractivity contribution in [2.75, 3.05) is 26.4 Å². The average molecular weight is 232 g/mol. The van der Waals surface area contributed by atoms with Crippen molar-refractivity contribution in [2.45, 2.75) is 37.5 Å². The maximum Gasteiger partial charge on any atom is 1.00 e. The van der Waals surface area contributed by atoms with E-state index in [0.29, 0.717) is 11.8 Å². The third-order valence-electron chi connectivity index (χ3n) is 2.40. The first-order chi connectivity index (χ1) is 7.33. The highest BCUT2D eigenvalue weighted by atomic mass is 28.1. The second kappa shape index (κ2) is 8.27. The molecule has 2 aliphatic rings. The SMILES string of the molecule is [CH2]CCOCC1CO1.[H+].[SiH3]C1CCCCO1. The predicted octanol–water partition coefficient (Wildman–Crippen LogP) is 0.617. The molecule has 15 heavy (non-hydrogen) atoms. The smallest absolute Gasteiger partial charge is 0.383 e. The Morgan fingerprint density at radius 2 is 2.20 bits per heavy atom. The molecule has 2 unspecified atom stereocenters. The molecule has 0 saturated carbocycles. The highest BCUT2D eigenvalue weighted by Crippen LogP contribution is 2.08. The van der Waals surface area contributed by atoms with Crippen molar-refractivity contribution in [1.82, 2.24) is 0 Å². The zero-order valence-corrected chi connectivity index (χ0v) is 11.7. The minimum atomic E-state index is 0. The lowest BCUT2D eigenvalue weighted by atomic mass is 10.2. The van der Waals surface area contributed by atoms with E-state index < -0.39 is 0 Å². The number of ether oxygens (including phenoxy) is 3. The van der Waals surface area contributed by atoms with Crippen LogP contribution in [0.25, 0.3) is 0 Å². The van der Waals surface area contributed by atoms with Gasteiger partial charge in [0.1, 0.15) is 6.10 Å². The summed E-state index contributed by atoms with van der Waals surface area (Å²) in [7, 11) is 1.23. The van der Waals surface area contributed by atoms with Crippen LogP contribution in [0.15, 0.2) is 0 Å². The second-order valence-electron chi connectivity index (χ2n) is 4.06. The first kappa shape index (κ1) is 13.2. The molecule has 2 heterocycles. The highest BCUT2D eigenvalue weighted by Gasteiger charge is 2.21. The lowest BCUT2D eigenvalue weighted by Gasteiger charge is -2.17. The molecular formula is C11H24O3Si+. The minimum Gasteiger partial charge on any atom is -0.383 e. The Labute approximate surface area is 97.4 Å². The van der Waals surface area contributed by atoms with Crippen molar-refractivity contribution in [3.05, 3.63) is 6.92 Å². The fourth-order valence-corrected chi connectivity index (χ4v) is 2.03. The summed E-state index contributed by atoms with van der Waals surface area (Å²) in [6, 6.07) is 0. The molecule has 89 valence electrons. The topological polar surface area (TPSA) is 31.0 Å². The van der Waals surface area contributed by atoms with Crippen LogP contribution in [0.5, 0.6) is 0 Å². The summed E-state index contributed by atoms with van der Waals surface area (Å²) in [5, 5.41) is 0. The van der Waals surface area contributed by atoms with E-state index in [9.17, 15) is 0 Å². The molecule has 0 aliphatic carbocycles. The summed E-state index contributed by atoms with van der Waals surface area (Å²) < 4.78 is 15.4. The Hall–Kier alpha value is 0.0969. The van der Waals surface area contributed by atoms with E-state index in [-0.39, 0.29) is 1.43 Å². The zero-order valence-electron chi connectivity index (χ0n) is 10.7. The Morgan fingerprint density at radius 3 is 2.60 bits per heavy atom. The van der Waals surface area contributed by atoms with E-state index in [1.165, 1.54) is 29.5 Å². The molecule has 2 saturated heterocycles. The van der Waals surface area contributed by atoms with E-state index in [0.717, 1.165) is 32.8 Å². The van der Waals surface area contributed by atoms with Gasteiger partial charge in [-0.3, -0.25) is 0 Å². The lowest BCUT2D eigenvalue weighted by Crippen LogP contribution is -2.18. The van der Waals surface area contributed by atoms with E-state index in [1.54, 1.807) is 0 Å². The first-order valence-electron chi connectivity index (χ1n) is 5.93. The molecule has 0 aromatic carbocycles. The third kappa shape index (κ3) is 7.96. The number of hydrogen-bond acceptors (Lipinski definition) is 3. The fraction of sp³-hybridized carbons (Fsp3) is 0.909. The van der Waals surface area contributed by atoms with Crippen LogP contribution in [0, 0.1) is 6.92 Å². The van der Waals surface area contributed by atoms with Crippen LogP contribution in [0.4, 0.5) is 0 Å². The number of rotatable bonds is 4. The maximum absolute atomic E-state index is 5.34. The van der Waals surface area contributed by atoms with Crippen LogP contribution in [0.3, 0.4) is 0 Å². The molecule has 3 nitrogen and oxygen atoms in total. The van der Waals surface area contributed by atoms with Gasteiger partial charge in [-0.05, 0) is 25.7 Å². The zero-order chi connectivity index (χ0) is 10.9. The van der Waals surface area contributed by atoms with E-state index in [4.69, 9.17) is 14.2 Å². The van der Waals surface area contributed by atoms with Gasteiger partial charge in [-0.1, -0.05) is 6.92 Å². The Bertz CT molecular complexity index is 150. The van der Waals surface area contributed by atoms with Gasteiger partial charge >= 0.3 is 1.43 Å². The van der Waals surface area contributed by atoms with E-state index in [2.05, 4.69) is 6.92 Å². The average Bonchev–Trinajstić information content (AvgIpc) is 3.04. The summed E-state index contributed by atoms with van der Waals surface area (Å²) in [6.45, 7) is 7.07. The molecule has 0 aromatic heterocycles. The van der Waals surface area contributed by atoms with Crippen LogP contribution in [-0.4, -0.2) is 48.5 Å². The van der Waals surface area contributed by atoms with Crippen LogP contribution in [0.1, 0.15) is 27.1 Å². The largest absolute Gasteiger partial charge is 1.00 e. The molecular weight excluding hydrogens is 208 g/mol. The van der Waals surface area contributed by atoms with Crippen molar-refractivity contribution in [2.24, 2.45) is 0 Å². The van der Waals surface area contributed by atoms with Crippen molar-refractivity contribution in [3.8, 4) is 0 Å². The van der Waals surface area contributed by atoms with Crippen LogP contribution in [-0.2, 0) is 14.2 Å². The fourth-order valence-electron chi connectivity index (χ4n) is 1.38. The molecule has 2 aliphatic heterocycles. The molecule has 2 fully saturated rings. The molecule has 2 atom stereocenters. The number of epoxide rings is 1. The van der Waals surface area contributed by atoms with Gasteiger partial charge in [-0.25, -0.2) is 0 Å². The molecule has 0 N–H and O–H groups in total. The van der Waals surface area contributed by atoms with E-state index in [1.807, 2.05) is 0 Å². The van der Waals surface area contributed by atoms with Crippen molar-refractivity contribution in [1.29, 1.82) is 0 Å². The normalized spacial score (nSPS) is 29.4. The molecule has 4 heteroatoms. The monoisotopic (exact) mass is 232 g/mol. The van der Waals surface area contributed by atoms with Crippen molar-refractivity contribution < 1.29 is 15.6 Å². The Kier molecular flexibility index (Phi) is 7.26. The predicted molar refractivity (Wildman–Crippen MR) is 65.2 cm³/mol. The van der Waals surface area contributed by atoms with Gasteiger partial charge in [0.15, 0.2) is 0 Å². The van der Waals surface area contributed by atoms with Crippen LogP contribution >= 0.6 is 0 Å². The highest BCUT2D eigenvalue weighted by molar-refractivity contribution is 6.10. The summed E-state index contributed by atoms with van der Waals surface area (Å²) >= 11 is 0. The van der Waals surface area contributed by atoms with Crippen LogP contribution in [0.2, 0.25) is 0 Å². The number of hydrogen-bond donors (Lipinski definition) is 0. The molecule has 0 bridgehead atoms. The van der Waals surface area contributed by atoms with Gasteiger partial charge < -0.3 is 14.2 Å². The third-order valence-corrected chi connectivity index (χ3v) is 3.31. The van der Waals surface area contributed by atoms with E-state index >= 15 is 0 Å². The molecule has 0 amide bonds. The lowest BCUT2D eigenvalue weighted by molar-refractivity contribution is 0.0675. The first-order valence-corrected chi connectivity index (χ1v) is 7.08. The van der Waals surface area contributed by atoms with Gasteiger partial charge in [0, 0.05) is 29.2 Å². The summed E-state index contributed by atoms with van der Waals surface area (Å²) in [6.07, 6.45) is 5.27. The quantitative estimate of drug-likeness (QED) is 0.404. The standard InChI is InChI=1S/C6H11O2.C5H12OSi/c1-2-3-7-4-6-5-8-6;7-5-3-1-2-4-6-5/h6H,1-5H2;5H,1-4H2,7H3/p+1. The molecule has 1 radical (unpaired) electrons. The molecule has 2 rings (SSSR count). The second-order valence-corrected chi connectivity index (χ2v) is 5.35. The van der Waals surface area contributed by atoms with Gasteiger partial charge in [-0.2, -0.15) is 0 Å². The van der Waals surface area contributed by atoms with Crippen LogP contribution < -0.4 is 0 Å². The van der Waals surface area contributed by atoms with Gasteiger partial charge in [0.05, 0.1) is 13.2 Å². The summed E-state index contributed by atoms with van der Waals surface area (Å²) in [5.41, 5.74) is 0.675. The van der Waals surface area contributed by atoms with Crippen molar-refractivity contribution >= 4 is 10.2 Å². The van der Waals surface area contributed by atoms with Gasteiger partial charge in [0.25, 0.3) is 0 Å². The summed E-state index contributed by atoms with van der Waals surface area (Å²) in [5.74, 6) is 0. The summed E-state index contributed by atoms with van der Waals surface area (Å²) in [4.78, 5) is 0. The van der Waals surface area contributed by atoms with Gasteiger partial charge in [0.2, 0.25) is 0 Å². The molecule has 0 spiro atoms. The maximum atomic E-state index is 5.34. The molecule has 0 aromatic rings. The van der Waals surface area contributed by atoms with Crippen molar-refractivity contribution in [3.63, 3.8) is 0 Å². The Balaban J connectivity index is 0.000000267. The minimum absolute atomic E-state index is 0. The Morgan fingerprint density at radius 1 is 1.40 bits per heavy atom. The van der Waals surface area contributed by atoms with Gasteiger partial charge in [-0.15, -0.1) is 0 Å².